The molecular weight excluding hydrogens is 226 g/mol. The Morgan fingerprint density at radius 1 is 1.67 bits per heavy atom. The molecule has 0 saturated carbocycles. The van der Waals surface area contributed by atoms with Crippen LogP contribution in [0.2, 0.25) is 0 Å². The maximum absolute atomic E-state index is 10.7. The second-order valence-corrected chi connectivity index (χ2v) is 2.81. The summed E-state index contributed by atoms with van der Waals surface area (Å²) in [5.74, 6) is 0.361. The van der Waals surface area contributed by atoms with Gasteiger partial charge in [-0.1, -0.05) is 0 Å². The van der Waals surface area contributed by atoms with E-state index in [1.54, 1.807) is 19.1 Å². The number of halogens is 1. The maximum Gasteiger partial charge on any atom is 0.515 e. The van der Waals surface area contributed by atoms with Crippen molar-refractivity contribution in [2.24, 2.45) is 0 Å². The van der Waals surface area contributed by atoms with Gasteiger partial charge in [-0.3, -0.25) is 0 Å². The quantitative estimate of drug-likeness (QED) is 0.798. The number of ether oxygens (including phenoxy) is 2. The minimum atomic E-state index is -0.702. The van der Waals surface area contributed by atoms with Crippen LogP contribution in [0.15, 0.2) is 16.7 Å². The first-order chi connectivity index (χ1) is 5.72. The first kappa shape index (κ1) is 9.12. The van der Waals surface area contributed by atoms with E-state index in [2.05, 4.69) is 25.7 Å². The predicted octanol–water partition coefficient (Wildman–Crippen LogP) is 2.31. The number of carbonyl (C=O) groups excluding carboxylic acids is 1. The topological polar surface area (TPSA) is 51.3 Å². The first-order valence-electron chi connectivity index (χ1n) is 3.41. The lowest BCUT2D eigenvalue weighted by atomic mass is 10.6. The van der Waals surface area contributed by atoms with Crippen molar-refractivity contribution in [3.05, 3.63) is 16.7 Å². The molecule has 0 atom stereocenters. The molecule has 66 valence electrons. The van der Waals surface area contributed by atoms with Crippen molar-refractivity contribution >= 4 is 22.1 Å². The lowest BCUT2D eigenvalue weighted by Gasteiger charge is -1.99. The molecule has 5 heteroatoms. The van der Waals surface area contributed by atoms with E-state index in [0.717, 1.165) is 4.60 Å². The molecule has 0 bridgehead atoms. The number of aromatic nitrogens is 1. The van der Waals surface area contributed by atoms with Gasteiger partial charge in [-0.05, 0) is 28.9 Å². The van der Waals surface area contributed by atoms with Gasteiger partial charge in [0.25, 0.3) is 0 Å². The monoisotopic (exact) mass is 233 g/mol. The van der Waals surface area contributed by atoms with Gasteiger partial charge in [0.05, 0.1) is 11.2 Å². The molecule has 0 aliphatic carbocycles. The lowest BCUT2D eigenvalue weighted by Crippen LogP contribution is -2.09. The molecule has 0 unspecified atom stereocenters. The minimum absolute atomic E-state index is 0.306. The van der Waals surface area contributed by atoms with Crippen molar-refractivity contribution < 1.29 is 14.3 Å². The molecule has 1 aromatic heterocycles. The second kappa shape index (κ2) is 4.15. The summed E-state index contributed by atoms with van der Waals surface area (Å²) in [7, 11) is 0. The molecular formula is C7H8BrNO3. The molecule has 0 radical (unpaired) electrons. The van der Waals surface area contributed by atoms with E-state index in [4.69, 9.17) is 4.74 Å². The smallest absolute Gasteiger partial charge is 0.434 e. The van der Waals surface area contributed by atoms with E-state index < -0.39 is 6.16 Å². The van der Waals surface area contributed by atoms with Crippen molar-refractivity contribution in [3.63, 3.8) is 0 Å². The fourth-order valence-electron chi connectivity index (χ4n) is 0.647. The zero-order chi connectivity index (χ0) is 8.97. The van der Waals surface area contributed by atoms with E-state index in [-0.39, 0.29) is 0 Å². The van der Waals surface area contributed by atoms with Gasteiger partial charge in [0, 0.05) is 6.07 Å². The summed E-state index contributed by atoms with van der Waals surface area (Å²) in [6, 6.07) is 3.36. The van der Waals surface area contributed by atoms with Crippen molar-refractivity contribution in [3.8, 4) is 5.88 Å². The van der Waals surface area contributed by atoms with Crippen molar-refractivity contribution in [2.75, 3.05) is 6.61 Å². The Kier molecular flexibility index (Phi) is 3.16. The normalized spacial score (nSPS) is 9.50. The number of aromatic amines is 1. The number of nitrogens with one attached hydrogen (secondary N) is 1. The molecule has 0 saturated heterocycles. The third-order valence-electron chi connectivity index (χ3n) is 1.08. The standard InChI is InChI=1S/C7H8BrNO3/c1-2-11-7(10)12-6-4-3-5(8)9-6/h3-4,9H,2H2,1H3. The zero-order valence-electron chi connectivity index (χ0n) is 6.46. The van der Waals surface area contributed by atoms with Crippen molar-refractivity contribution in [1.82, 2.24) is 4.98 Å². The summed E-state index contributed by atoms with van der Waals surface area (Å²) in [4.78, 5) is 13.5. The minimum Gasteiger partial charge on any atom is -0.434 e. The summed E-state index contributed by atoms with van der Waals surface area (Å²) >= 11 is 3.17. The molecule has 0 spiro atoms. The maximum atomic E-state index is 10.7. The average Bonchev–Trinajstić information content (AvgIpc) is 2.36. The van der Waals surface area contributed by atoms with Gasteiger partial charge < -0.3 is 14.5 Å². The van der Waals surface area contributed by atoms with Gasteiger partial charge in [-0.25, -0.2) is 4.79 Å². The molecule has 0 aromatic carbocycles. The largest absolute Gasteiger partial charge is 0.515 e. The number of H-pyrrole nitrogens is 1. The highest BCUT2D eigenvalue weighted by Gasteiger charge is 2.05. The highest BCUT2D eigenvalue weighted by Crippen LogP contribution is 2.14. The van der Waals surface area contributed by atoms with Crippen LogP contribution in [0, 0.1) is 0 Å². The van der Waals surface area contributed by atoms with E-state index in [1.807, 2.05) is 0 Å². The molecule has 12 heavy (non-hydrogen) atoms. The Labute approximate surface area is 78.0 Å². The molecule has 0 fully saturated rings. The van der Waals surface area contributed by atoms with Gasteiger partial charge in [0.2, 0.25) is 5.88 Å². The molecule has 4 nitrogen and oxygen atoms in total. The van der Waals surface area contributed by atoms with Crippen LogP contribution in [0.4, 0.5) is 4.79 Å². The van der Waals surface area contributed by atoms with Gasteiger partial charge in [-0.15, -0.1) is 0 Å². The Bertz CT molecular complexity index is 271. The SMILES string of the molecule is CCOC(=O)Oc1ccc(Br)[nH]1. The fourth-order valence-corrected chi connectivity index (χ4v) is 0.974. The molecule has 0 aliphatic rings. The van der Waals surface area contributed by atoms with Crippen LogP contribution < -0.4 is 4.74 Å². The van der Waals surface area contributed by atoms with Crippen LogP contribution in [0.3, 0.4) is 0 Å². The predicted molar refractivity (Wildman–Crippen MR) is 46.1 cm³/mol. The molecule has 1 N–H and O–H groups in total. The summed E-state index contributed by atoms with van der Waals surface area (Å²) < 4.78 is 10.0. The molecule has 0 amide bonds. The first-order valence-corrected chi connectivity index (χ1v) is 4.20. The number of carbonyl (C=O) groups is 1. The Morgan fingerprint density at radius 2 is 2.42 bits per heavy atom. The second-order valence-electron chi connectivity index (χ2n) is 1.96. The molecule has 1 rings (SSSR count). The Hall–Kier alpha value is -0.970. The zero-order valence-corrected chi connectivity index (χ0v) is 8.05. The lowest BCUT2D eigenvalue weighted by molar-refractivity contribution is 0.103. The van der Waals surface area contributed by atoms with E-state index in [0.29, 0.717) is 12.5 Å². The van der Waals surface area contributed by atoms with Crippen LogP contribution in [-0.4, -0.2) is 17.7 Å². The molecule has 1 aromatic rings. The van der Waals surface area contributed by atoms with E-state index in [1.165, 1.54) is 0 Å². The molecule has 1 heterocycles. The summed E-state index contributed by atoms with van der Waals surface area (Å²) in [5, 5.41) is 0. The Morgan fingerprint density at radius 3 is 2.92 bits per heavy atom. The van der Waals surface area contributed by atoms with E-state index in [9.17, 15) is 4.79 Å². The number of hydrogen-bond donors (Lipinski definition) is 1. The highest BCUT2D eigenvalue weighted by atomic mass is 79.9. The number of hydrogen-bond acceptors (Lipinski definition) is 3. The van der Waals surface area contributed by atoms with Gasteiger partial charge in [0.1, 0.15) is 0 Å². The van der Waals surface area contributed by atoms with Crippen LogP contribution in [0.25, 0.3) is 0 Å². The number of rotatable bonds is 2. The molecule has 0 aliphatic heterocycles. The van der Waals surface area contributed by atoms with E-state index >= 15 is 0 Å². The van der Waals surface area contributed by atoms with Crippen LogP contribution in [0.1, 0.15) is 6.92 Å². The summed E-state index contributed by atoms with van der Waals surface area (Å²) in [6.07, 6.45) is -0.702. The van der Waals surface area contributed by atoms with Gasteiger partial charge >= 0.3 is 6.16 Å². The Balaban J connectivity index is 2.46. The van der Waals surface area contributed by atoms with Gasteiger partial charge in [0.15, 0.2) is 0 Å². The van der Waals surface area contributed by atoms with Crippen molar-refractivity contribution in [1.29, 1.82) is 0 Å². The summed E-state index contributed by atoms with van der Waals surface area (Å²) in [5.41, 5.74) is 0. The van der Waals surface area contributed by atoms with Crippen molar-refractivity contribution in [2.45, 2.75) is 6.92 Å². The van der Waals surface area contributed by atoms with Crippen LogP contribution in [-0.2, 0) is 4.74 Å². The third kappa shape index (κ3) is 2.58. The van der Waals surface area contributed by atoms with Crippen LogP contribution >= 0.6 is 15.9 Å². The highest BCUT2D eigenvalue weighted by molar-refractivity contribution is 9.10. The fraction of sp³-hybridized carbons (Fsp3) is 0.286. The summed E-state index contributed by atoms with van der Waals surface area (Å²) in [6.45, 7) is 2.02. The third-order valence-corrected chi connectivity index (χ3v) is 1.54. The average molecular weight is 234 g/mol. The van der Waals surface area contributed by atoms with Crippen LogP contribution in [0.5, 0.6) is 5.88 Å². The van der Waals surface area contributed by atoms with Gasteiger partial charge in [-0.2, -0.15) is 0 Å².